The standard InChI is InChI=1S/C16H15FN6O2S3/c1-9-6-13(23(22-9)11-4-2-10(17)3-5-11)19-14(25)8-27-16-21-20-15(28-16)26-7-12(18)24/h2-6H,7-8H2,1H3,(H2,18,24)(H,19,25). The maximum Gasteiger partial charge on any atom is 0.235 e. The second kappa shape index (κ2) is 9.17. The lowest BCUT2D eigenvalue weighted by Crippen LogP contribution is -2.16. The summed E-state index contributed by atoms with van der Waals surface area (Å²) in [6.07, 6.45) is 0. The normalized spacial score (nSPS) is 10.8. The van der Waals surface area contributed by atoms with Crippen molar-refractivity contribution in [1.82, 2.24) is 20.0 Å². The quantitative estimate of drug-likeness (QED) is 0.519. The van der Waals surface area contributed by atoms with Gasteiger partial charge in [0, 0.05) is 6.07 Å². The van der Waals surface area contributed by atoms with Crippen LogP contribution in [-0.4, -0.2) is 43.3 Å². The number of thioether (sulfide) groups is 2. The van der Waals surface area contributed by atoms with Crippen molar-refractivity contribution in [2.24, 2.45) is 5.73 Å². The van der Waals surface area contributed by atoms with Gasteiger partial charge in [-0.1, -0.05) is 34.9 Å². The average Bonchev–Trinajstić information content (AvgIpc) is 3.25. The van der Waals surface area contributed by atoms with Gasteiger partial charge in [-0.25, -0.2) is 9.07 Å². The fraction of sp³-hybridized carbons (Fsp3) is 0.188. The fourth-order valence-electron chi connectivity index (χ4n) is 2.12. The van der Waals surface area contributed by atoms with Crippen LogP contribution in [0.4, 0.5) is 10.2 Å². The van der Waals surface area contributed by atoms with Crippen LogP contribution in [0.25, 0.3) is 5.69 Å². The van der Waals surface area contributed by atoms with E-state index in [0.29, 0.717) is 25.9 Å². The Morgan fingerprint density at radius 3 is 2.46 bits per heavy atom. The number of hydrogen-bond donors (Lipinski definition) is 2. The average molecular weight is 439 g/mol. The Morgan fingerprint density at radius 2 is 1.82 bits per heavy atom. The summed E-state index contributed by atoms with van der Waals surface area (Å²) in [5.74, 6) is -0.267. The van der Waals surface area contributed by atoms with Crippen molar-refractivity contribution in [3.05, 3.63) is 41.8 Å². The van der Waals surface area contributed by atoms with E-state index in [1.807, 2.05) is 0 Å². The highest BCUT2D eigenvalue weighted by atomic mass is 32.2. The van der Waals surface area contributed by atoms with Crippen LogP contribution in [0.15, 0.2) is 39.0 Å². The molecule has 146 valence electrons. The lowest BCUT2D eigenvalue weighted by atomic mass is 10.3. The summed E-state index contributed by atoms with van der Waals surface area (Å²) >= 11 is 3.74. The highest BCUT2D eigenvalue weighted by molar-refractivity contribution is 8.03. The monoisotopic (exact) mass is 438 g/mol. The van der Waals surface area contributed by atoms with Gasteiger partial charge in [-0.2, -0.15) is 5.10 Å². The van der Waals surface area contributed by atoms with Gasteiger partial charge >= 0.3 is 0 Å². The molecule has 12 heteroatoms. The maximum atomic E-state index is 13.1. The SMILES string of the molecule is Cc1cc(NC(=O)CSc2nnc(SCC(N)=O)s2)n(-c2ccc(F)cc2)n1. The number of halogens is 1. The zero-order valence-electron chi connectivity index (χ0n) is 14.6. The Bertz CT molecular complexity index is 989. The Morgan fingerprint density at radius 1 is 1.18 bits per heavy atom. The summed E-state index contributed by atoms with van der Waals surface area (Å²) in [5, 5.41) is 15.0. The van der Waals surface area contributed by atoms with E-state index in [9.17, 15) is 14.0 Å². The summed E-state index contributed by atoms with van der Waals surface area (Å²) in [5.41, 5.74) is 6.45. The molecule has 3 aromatic rings. The van der Waals surface area contributed by atoms with Crippen LogP contribution in [0, 0.1) is 12.7 Å². The number of carbonyl (C=O) groups is 2. The molecule has 28 heavy (non-hydrogen) atoms. The highest BCUT2D eigenvalue weighted by Gasteiger charge is 2.13. The van der Waals surface area contributed by atoms with Crippen LogP contribution in [-0.2, 0) is 9.59 Å². The number of benzene rings is 1. The molecule has 0 aliphatic rings. The molecule has 3 N–H and O–H groups in total. The van der Waals surface area contributed by atoms with Crippen LogP contribution >= 0.6 is 34.9 Å². The second-order valence-corrected chi connectivity index (χ2v) is 8.91. The molecule has 0 unspecified atom stereocenters. The zero-order valence-corrected chi connectivity index (χ0v) is 17.0. The first-order chi connectivity index (χ1) is 13.4. The molecule has 2 amide bonds. The van der Waals surface area contributed by atoms with Gasteiger partial charge < -0.3 is 11.1 Å². The maximum absolute atomic E-state index is 13.1. The minimum atomic E-state index is -0.429. The predicted molar refractivity (Wildman–Crippen MR) is 107 cm³/mol. The number of nitrogens with one attached hydrogen (secondary N) is 1. The molecule has 0 saturated carbocycles. The third-order valence-electron chi connectivity index (χ3n) is 3.22. The lowest BCUT2D eigenvalue weighted by Gasteiger charge is -2.08. The van der Waals surface area contributed by atoms with Gasteiger partial charge in [-0.3, -0.25) is 9.59 Å². The van der Waals surface area contributed by atoms with Crippen LogP contribution in [0.5, 0.6) is 0 Å². The minimum Gasteiger partial charge on any atom is -0.369 e. The molecular formula is C16H15FN6O2S3. The zero-order chi connectivity index (χ0) is 20.1. The molecular weight excluding hydrogens is 423 g/mol. The first-order valence-corrected chi connectivity index (χ1v) is 10.7. The number of nitrogens with two attached hydrogens (primary N) is 1. The number of anilines is 1. The van der Waals surface area contributed by atoms with E-state index in [0.717, 1.165) is 0 Å². The smallest absolute Gasteiger partial charge is 0.235 e. The Kier molecular flexibility index (Phi) is 6.65. The number of aromatic nitrogens is 4. The van der Waals surface area contributed by atoms with E-state index >= 15 is 0 Å². The highest BCUT2D eigenvalue weighted by Crippen LogP contribution is 2.28. The van der Waals surface area contributed by atoms with E-state index in [-0.39, 0.29) is 23.2 Å². The number of nitrogens with zero attached hydrogens (tertiary/aromatic N) is 4. The Labute approximate surface area is 172 Å². The summed E-state index contributed by atoms with van der Waals surface area (Å²) in [6, 6.07) is 7.56. The molecule has 0 aliphatic carbocycles. The Hall–Kier alpha value is -2.44. The van der Waals surface area contributed by atoms with Crippen LogP contribution < -0.4 is 11.1 Å². The first-order valence-electron chi connectivity index (χ1n) is 7.90. The molecule has 0 aliphatic heterocycles. The Balaban J connectivity index is 1.60. The van der Waals surface area contributed by atoms with Gasteiger partial charge in [0.15, 0.2) is 8.68 Å². The number of primary amides is 1. The van der Waals surface area contributed by atoms with Gasteiger partial charge in [0.2, 0.25) is 11.8 Å². The summed E-state index contributed by atoms with van der Waals surface area (Å²) in [6.45, 7) is 1.80. The van der Waals surface area contributed by atoms with E-state index in [1.165, 1.54) is 47.0 Å². The summed E-state index contributed by atoms with van der Waals surface area (Å²) < 4.78 is 15.9. The van der Waals surface area contributed by atoms with Crippen molar-refractivity contribution in [2.45, 2.75) is 15.6 Å². The van der Waals surface area contributed by atoms with Crippen molar-refractivity contribution in [2.75, 3.05) is 16.8 Å². The third-order valence-corrected chi connectivity index (χ3v) is 6.44. The molecule has 0 fully saturated rings. The van der Waals surface area contributed by atoms with Crippen LogP contribution in [0.3, 0.4) is 0 Å². The number of aryl methyl sites for hydroxylation is 1. The van der Waals surface area contributed by atoms with Gasteiger partial charge in [-0.05, 0) is 31.2 Å². The van der Waals surface area contributed by atoms with Crippen LogP contribution in [0.2, 0.25) is 0 Å². The fourth-order valence-corrected chi connectivity index (χ4v) is 4.68. The van der Waals surface area contributed by atoms with Crippen molar-refractivity contribution in [1.29, 1.82) is 0 Å². The molecule has 8 nitrogen and oxygen atoms in total. The van der Waals surface area contributed by atoms with E-state index in [4.69, 9.17) is 5.73 Å². The van der Waals surface area contributed by atoms with Gasteiger partial charge in [0.25, 0.3) is 0 Å². The number of amides is 2. The minimum absolute atomic E-state index is 0.128. The number of carbonyl (C=O) groups excluding carboxylic acids is 2. The summed E-state index contributed by atoms with van der Waals surface area (Å²) in [4.78, 5) is 23.1. The second-order valence-electron chi connectivity index (χ2n) is 5.48. The lowest BCUT2D eigenvalue weighted by molar-refractivity contribution is -0.115. The first kappa shape index (κ1) is 20.3. The van der Waals surface area contributed by atoms with Crippen molar-refractivity contribution >= 4 is 52.5 Å². The van der Waals surface area contributed by atoms with Crippen molar-refractivity contribution in [3.8, 4) is 5.69 Å². The molecule has 0 spiro atoms. The molecule has 1 aromatic carbocycles. The van der Waals surface area contributed by atoms with Gasteiger partial charge in [0.1, 0.15) is 11.6 Å². The van der Waals surface area contributed by atoms with Crippen molar-refractivity contribution < 1.29 is 14.0 Å². The molecule has 0 saturated heterocycles. The van der Waals surface area contributed by atoms with E-state index in [2.05, 4.69) is 20.6 Å². The molecule has 0 bridgehead atoms. The molecule has 0 radical (unpaired) electrons. The summed E-state index contributed by atoms with van der Waals surface area (Å²) in [7, 11) is 0. The van der Waals surface area contributed by atoms with Crippen molar-refractivity contribution in [3.63, 3.8) is 0 Å². The topological polar surface area (TPSA) is 116 Å². The molecule has 3 rings (SSSR count). The molecule has 2 heterocycles. The number of rotatable bonds is 8. The van der Waals surface area contributed by atoms with E-state index in [1.54, 1.807) is 29.8 Å². The number of hydrogen-bond acceptors (Lipinski definition) is 8. The van der Waals surface area contributed by atoms with Crippen LogP contribution in [0.1, 0.15) is 5.69 Å². The molecule has 2 aromatic heterocycles. The third kappa shape index (κ3) is 5.53. The predicted octanol–water partition coefficient (Wildman–Crippen LogP) is 2.48. The van der Waals surface area contributed by atoms with Gasteiger partial charge in [-0.15, -0.1) is 10.2 Å². The largest absolute Gasteiger partial charge is 0.369 e. The molecule has 0 atom stereocenters. The van der Waals surface area contributed by atoms with Gasteiger partial charge in [0.05, 0.1) is 22.9 Å². The van der Waals surface area contributed by atoms with E-state index < -0.39 is 5.91 Å².